The van der Waals surface area contributed by atoms with Gasteiger partial charge in [-0.1, -0.05) is 17.7 Å². The lowest BCUT2D eigenvalue weighted by Gasteiger charge is -2.27. The lowest BCUT2D eigenvalue weighted by atomic mass is 10.0. The summed E-state index contributed by atoms with van der Waals surface area (Å²) in [6, 6.07) is 7.48. The summed E-state index contributed by atoms with van der Waals surface area (Å²) < 4.78 is 52.9. The Hall–Kier alpha value is -3.38. The van der Waals surface area contributed by atoms with Gasteiger partial charge in [0.05, 0.1) is 37.7 Å². The maximum Gasteiger partial charge on any atom is 0.408 e. The normalized spacial score (nSPS) is 22.8. The summed E-state index contributed by atoms with van der Waals surface area (Å²) in [5.74, 6) is -0.742. The maximum absolute atomic E-state index is 14.0. The minimum atomic E-state index is -4.18. The second-order valence-electron chi connectivity index (χ2n) is 7.16. The Kier molecular flexibility index (Phi) is 5.42. The molecule has 2 aromatic rings. The molecule has 0 bridgehead atoms. The number of nitrogens with zero attached hydrogens (tertiary/aromatic N) is 3. The van der Waals surface area contributed by atoms with Gasteiger partial charge >= 0.3 is 6.09 Å². The van der Waals surface area contributed by atoms with E-state index >= 15 is 0 Å². The summed E-state index contributed by atoms with van der Waals surface area (Å²) in [7, 11) is -4.18. The summed E-state index contributed by atoms with van der Waals surface area (Å²) in [4.78, 5) is 17.9. The molecule has 0 radical (unpaired) electrons. The van der Waals surface area contributed by atoms with Crippen molar-refractivity contribution in [3.63, 3.8) is 0 Å². The van der Waals surface area contributed by atoms with Gasteiger partial charge in [0.15, 0.2) is 11.7 Å². The van der Waals surface area contributed by atoms with Gasteiger partial charge in [-0.15, -0.1) is 0 Å². The fourth-order valence-electron chi connectivity index (χ4n) is 3.64. The molecule has 0 unspecified atom stereocenters. The highest BCUT2D eigenvalue weighted by atomic mass is 35.5. The summed E-state index contributed by atoms with van der Waals surface area (Å²) in [5.41, 5.74) is -1.69. The van der Waals surface area contributed by atoms with Gasteiger partial charge in [0.25, 0.3) is 0 Å². The number of hydrogen-bond acceptors (Lipinski definition) is 5. The highest BCUT2D eigenvalue weighted by molar-refractivity contribution is 7.89. The number of benzene rings is 2. The van der Waals surface area contributed by atoms with Crippen LogP contribution in [0.25, 0.3) is 9.69 Å². The largest absolute Gasteiger partial charge is 0.485 e. The first-order valence-corrected chi connectivity index (χ1v) is 11.0. The molecule has 0 aliphatic carbocycles. The van der Waals surface area contributed by atoms with Crippen LogP contribution >= 0.6 is 11.6 Å². The Morgan fingerprint density at radius 2 is 1.97 bits per heavy atom. The Morgan fingerprint density at radius 3 is 2.59 bits per heavy atom. The van der Waals surface area contributed by atoms with Crippen molar-refractivity contribution in [1.29, 1.82) is 0 Å². The van der Waals surface area contributed by atoms with E-state index in [0.29, 0.717) is 0 Å². The molecular weight excluding hydrogens is 463 g/mol. The number of carbonyl (C=O) groups is 1. The standard InChI is InChI=1S/C20H14ClFN4O5S/c1-23-15-5-4-13(8-14(15)22)30-18-9-26(11-20(18)10-25-19(27)31-20)32(28,29)17-6-3-12(21)7-16(17)24-2/h3-8,18H,9-11H2,(H,25,27)/t18-,20+/m0/s1. The Labute approximate surface area is 188 Å². The third-order valence-corrected chi connectivity index (χ3v) is 7.30. The summed E-state index contributed by atoms with van der Waals surface area (Å²) >= 11 is 5.88. The van der Waals surface area contributed by atoms with E-state index in [9.17, 15) is 17.6 Å². The van der Waals surface area contributed by atoms with Crippen LogP contribution in [0.2, 0.25) is 5.02 Å². The number of amides is 1. The van der Waals surface area contributed by atoms with E-state index in [2.05, 4.69) is 15.0 Å². The van der Waals surface area contributed by atoms with Crippen molar-refractivity contribution < 1.29 is 27.1 Å². The molecule has 12 heteroatoms. The van der Waals surface area contributed by atoms with Crippen LogP contribution in [0, 0.1) is 19.0 Å². The third-order valence-electron chi connectivity index (χ3n) is 5.21. The van der Waals surface area contributed by atoms with Crippen LogP contribution in [-0.2, 0) is 14.8 Å². The van der Waals surface area contributed by atoms with Crippen LogP contribution in [0.15, 0.2) is 41.3 Å². The highest BCUT2D eigenvalue weighted by Crippen LogP contribution is 2.38. The number of carbonyl (C=O) groups excluding carboxylic acids is 1. The van der Waals surface area contributed by atoms with Crippen molar-refractivity contribution in [2.24, 2.45) is 0 Å². The van der Waals surface area contributed by atoms with Crippen LogP contribution in [0.1, 0.15) is 0 Å². The van der Waals surface area contributed by atoms with Gasteiger partial charge in [0.2, 0.25) is 21.4 Å². The van der Waals surface area contributed by atoms with Crippen molar-refractivity contribution in [3.05, 3.63) is 70.1 Å². The average Bonchev–Trinajstić information content (AvgIpc) is 3.31. The number of rotatable bonds is 4. The van der Waals surface area contributed by atoms with Gasteiger partial charge in [-0.25, -0.2) is 27.3 Å². The highest BCUT2D eigenvalue weighted by Gasteiger charge is 2.57. The second-order valence-corrected chi connectivity index (χ2v) is 9.50. The molecule has 2 atom stereocenters. The first kappa shape index (κ1) is 21.8. The topological polar surface area (TPSA) is 93.7 Å². The van der Waals surface area contributed by atoms with E-state index in [0.717, 1.165) is 10.4 Å². The van der Waals surface area contributed by atoms with E-state index in [1.807, 2.05) is 0 Å². The number of hydrogen-bond donors (Lipinski definition) is 1. The Balaban J connectivity index is 1.68. The van der Waals surface area contributed by atoms with Crippen molar-refractivity contribution in [1.82, 2.24) is 9.62 Å². The van der Waals surface area contributed by atoms with Gasteiger partial charge < -0.3 is 14.8 Å². The second kappa shape index (κ2) is 7.95. The van der Waals surface area contributed by atoms with E-state index in [4.69, 9.17) is 34.2 Å². The minimum absolute atomic E-state index is 0.0264. The zero-order valence-electron chi connectivity index (χ0n) is 16.2. The first-order chi connectivity index (χ1) is 15.2. The summed E-state index contributed by atoms with van der Waals surface area (Å²) in [6.07, 6.45) is -1.71. The van der Waals surface area contributed by atoms with E-state index in [1.165, 1.54) is 30.3 Å². The number of ether oxygens (including phenoxy) is 2. The number of halogens is 2. The van der Waals surface area contributed by atoms with E-state index in [-0.39, 0.29) is 46.7 Å². The zero-order valence-corrected chi connectivity index (χ0v) is 17.8. The molecule has 2 heterocycles. The molecule has 0 aromatic heterocycles. The van der Waals surface area contributed by atoms with Crippen LogP contribution in [0.3, 0.4) is 0 Å². The molecule has 2 aromatic carbocycles. The Morgan fingerprint density at radius 1 is 1.22 bits per heavy atom. The minimum Gasteiger partial charge on any atom is -0.485 e. The molecule has 9 nitrogen and oxygen atoms in total. The molecule has 1 N–H and O–H groups in total. The van der Waals surface area contributed by atoms with Gasteiger partial charge in [0.1, 0.15) is 11.6 Å². The van der Waals surface area contributed by atoms with Gasteiger partial charge in [-0.2, -0.15) is 4.31 Å². The van der Waals surface area contributed by atoms with Gasteiger partial charge in [0, 0.05) is 11.1 Å². The van der Waals surface area contributed by atoms with Crippen molar-refractivity contribution in [3.8, 4) is 5.75 Å². The molecule has 4 rings (SSSR count). The molecule has 164 valence electrons. The first-order valence-electron chi connectivity index (χ1n) is 9.16. The van der Waals surface area contributed by atoms with Gasteiger partial charge in [-0.05, 0) is 24.3 Å². The lowest BCUT2D eigenvalue weighted by Crippen LogP contribution is -2.48. The van der Waals surface area contributed by atoms with E-state index < -0.39 is 33.6 Å². The van der Waals surface area contributed by atoms with Gasteiger partial charge in [-0.3, -0.25) is 0 Å². The molecule has 0 saturated carbocycles. The quantitative estimate of drug-likeness (QED) is 0.681. The van der Waals surface area contributed by atoms with Crippen molar-refractivity contribution in [2.45, 2.75) is 16.6 Å². The predicted octanol–water partition coefficient (Wildman–Crippen LogP) is 3.51. The predicted molar refractivity (Wildman–Crippen MR) is 111 cm³/mol. The molecule has 32 heavy (non-hydrogen) atoms. The van der Waals surface area contributed by atoms with Crippen LogP contribution in [0.5, 0.6) is 5.75 Å². The number of alkyl carbamates (subject to hydrolysis) is 1. The monoisotopic (exact) mass is 476 g/mol. The number of sulfonamides is 1. The molecule has 2 aliphatic heterocycles. The molecule has 2 aliphatic rings. The molecular formula is C20H14ClFN4O5S. The van der Waals surface area contributed by atoms with Crippen LogP contribution in [0.4, 0.5) is 20.6 Å². The fraction of sp³-hybridized carbons (Fsp3) is 0.250. The van der Waals surface area contributed by atoms with Crippen LogP contribution in [-0.4, -0.2) is 50.2 Å². The molecule has 1 spiro atoms. The van der Waals surface area contributed by atoms with E-state index in [1.54, 1.807) is 0 Å². The third kappa shape index (κ3) is 3.71. The van der Waals surface area contributed by atoms with Crippen molar-refractivity contribution in [2.75, 3.05) is 19.6 Å². The molecule has 2 fully saturated rings. The zero-order chi connectivity index (χ0) is 23.1. The SMILES string of the molecule is [C-]#[N+]c1ccc(O[C@H]2CN(S(=O)(=O)c3ccc(Cl)cc3[N+]#[C-])C[C@]23CNC(=O)O3)cc1F. The summed E-state index contributed by atoms with van der Waals surface area (Å²) in [6.45, 7) is 13.7. The lowest BCUT2D eigenvalue weighted by molar-refractivity contribution is -0.00567. The van der Waals surface area contributed by atoms with Crippen molar-refractivity contribution >= 4 is 39.1 Å². The summed E-state index contributed by atoms with van der Waals surface area (Å²) in [5, 5.41) is 2.71. The molecule has 2 saturated heterocycles. The average molecular weight is 477 g/mol. The maximum atomic E-state index is 14.0. The smallest absolute Gasteiger partial charge is 0.408 e. The molecule has 1 amide bonds. The van der Waals surface area contributed by atoms with Crippen LogP contribution < -0.4 is 10.1 Å². The fourth-order valence-corrected chi connectivity index (χ4v) is 5.41. The number of nitrogens with one attached hydrogen (secondary N) is 1. The Bertz CT molecular complexity index is 1310.